The summed E-state index contributed by atoms with van der Waals surface area (Å²) in [6.07, 6.45) is 0.950. The maximum absolute atomic E-state index is 12.2. The van der Waals surface area contributed by atoms with E-state index in [4.69, 9.17) is 0 Å². The van der Waals surface area contributed by atoms with Gasteiger partial charge in [-0.25, -0.2) is 0 Å². The van der Waals surface area contributed by atoms with E-state index in [1.54, 1.807) is 0 Å². The Morgan fingerprint density at radius 2 is 1.84 bits per heavy atom. The highest BCUT2D eigenvalue weighted by atomic mass is 35.5. The fraction of sp³-hybridized carbons (Fsp3) is 0.533. The lowest BCUT2D eigenvalue weighted by molar-refractivity contribution is -0.125. The molecule has 0 bridgehead atoms. The number of nitrogens with one attached hydrogen (secondary N) is 2. The first-order valence-electron chi connectivity index (χ1n) is 6.49. The summed E-state index contributed by atoms with van der Waals surface area (Å²) in [6.45, 7) is 7.64. The lowest BCUT2D eigenvalue weighted by Gasteiger charge is -2.26. The van der Waals surface area contributed by atoms with Gasteiger partial charge < -0.3 is 10.6 Å². The van der Waals surface area contributed by atoms with Gasteiger partial charge in [0, 0.05) is 6.54 Å². The third-order valence-corrected chi connectivity index (χ3v) is 3.28. The van der Waals surface area contributed by atoms with E-state index in [1.807, 2.05) is 52.1 Å². The van der Waals surface area contributed by atoms with Gasteiger partial charge in [0.05, 0.1) is 5.41 Å². The van der Waals surface area contributed by atoms with Gasteiger partial charge in [0.2, 0.25) is 5.91 Å². The molecule has 108 valence electrons. The molecule has 1 rings (SSSR count). The number of amides is 1. The van der Waals surface area contributed by atoms with Gasteiger partial charge in [-0.3, -0.25) is 4.79 Å². The Balaban J connectivity index is 0.00000324. The highest BCUT2D eigenvalue weighted by Gasteiger charge is 2.30. The minimum Gasteiger partial charge on any atom is -0.355 e. The minimum atomic E-state index is -0.481. The molecule has 0 heterocycles. The van der Waals surface area contributed by atoms with Crippen molar-refractivity contribution in [2.24, 2.45) is 0 Å². The van der Waals surface area contributed by atoms with E-state index in [0.29, 0.717) is 0 Å². The zero-order chi connectivity index (χ0) is 13.6. The van der Waals surface area contributed by atoms with Gasteiger partial charge in [-0.1, -0.05) is 24.3 Å². The smallest absolute Gasteiger partial charge is 0.230 e. The van der Waals surface area contributed by atoms with Crippen LogP contribution in [-0.2, 0) is 10.2 Å². The van der Waals surface area contributed by atoms with Gasteiger partial charge in [0.15, 0.2) is 0 Å². The summed E-state index contributed by atoms with van der Waals surface area (Å²) in [5.41, 5.74) is 1.77. The molecule has 2 N–H and O–H groups in total. The summed E-state index contributed by atoms with van der Waals surface area (Å²) in [4.78, 5) is 12.2. The molecule has 0 aliphatic carbocycles. The van der Waals surface area contributed by atoms with E-state index in [1.165, 1.54) is 0 Å². The van der Waals surface area contributed by atoms with E-state index in [9.17, 15) is 4.79 Å². The van der Waals surface area contributed by atoms with Gasteiger partial charge >= 0.3 is 0 Å². The van der Waals surface area contributed by atoms with Crippen LogP contribution in [0.5, 0.6) is 0 Å². The van der Waals surface area contributed by atoms with Crippen LogP contribution in [0, 0.1) is 6.92 Å². The molecule has 1 aromatic rings. The van der Waals surface area contributed by atoms with Crippen molar-refractivity contribution >= 4 is 18.3 Å². The summed E-state index contributed by atoms with van der Waals surface area (Å²) >= 11 is 0. The molecule has 0 fully saturated rings. The number of halogens is 1. The molecule has 0 radical (unpaired) electrons. The number of benzene rings is 1. The molecule has 1 amide bonds. The molecule has 0 saturated carbocycles. The van der Waals surface area contributed by atoms with Crippen molar-refractivity contribution in [3.05, 3.63) is 35.4 Å². The molecule has 0 aliphatic heterocycles. The molecular weight excluding hydrogens is 260 g/mol. The largest absolute Gasteiger partial charge is 0.355 e. The number of carbonyl (C=O) groups excluding carboxylic acids is 1. The van der Waals surface area contributed by atoms with Crippen LogP contribution in [0.15, 0.2) is 24.3 Å². The fourth-order valence-corrected chi connectivity index (χ4v) is 2.08. The van der Waals surface area contributed by atoms with Crippen LogP contribution in [0.2, 0.25) is 0 Å². The van der Waals surface area contributed by atoms with Crippen LogP contribution in [0.3, 0.4) is 0 Å². The molecule has 0 aliphatic rings. The average molecular weight is 285 g/mol. The highest BCUT2D eigenvalue weighted by Crippen LogP contribution is 2.26. The van der Waals surface area contributed by atoms with Crippen molar-refractivity contribution in [3.63, 3.8) is 0 Å². The normalized spacial score (nSPS) is 10.7. The number of hydrogen-bond acceptors (Lipinski definition) is 2. The second kappa shape index (κ2) is 8.18. The van der Waals surface area contributed by atoms with Crippen LogP contribution in [0.1, 0.15) is 31.4 Å². The molecule has 0 unspecified atom stereocenters. The predicted molar refractivity (Wildman–Crippen MR) is 83.0 cm³/mol. The van der Waals surface area contributed by atoms with Crippen molar-refractivity contribution in [1.29, 1.82) is 0 Å². The van der Waals surface area contributed by atoms with Crippen molar-refractivity contribution < 1.29 is 4.79 Å². The second-order valence-corrected chi connectivity index (χ2v) is 5.15. The number of aryl methyl sites for hydroxylation is 1. The lowest BCUT2D eigenvalue weighted by Crippen LogP contribution is -2.41. The maximum Gasteiger partial charge on any atom is 0.230 e. The fourth-order valence-electron chi connectivity index (χ4n) is 2.08. The Kier molecular flexibility index (Phi) is 7.72. The Morgan fingerprint density at radius 1 is 1.21 bits per heavy atom. The molecule has 1 aromatic carbocycles. The summed E-state index contributed by atoms with van der Waals surface area (Å²) < 4.78 is 0. The SMILES string of the molecule is CNCCCNC(=O)C(C)(C)c1ccccc1C.Cl. The van der Waals surface area contributed by atoms with E-state index >= 15 is 0 Å². The molecule has 0 aromatic heterocycles. The molecule has 0 spiro atoms. The van der Waals surface area contributed by atoms with Gasteiger partial charge in [0.1, 0.15) is 0 Å². The first-order valence-corrected chi connectivity index (χ1v) is 6.49. The monoisotopic (exact) mass is 284 g/mol. The van der Waals surface area contributed by atoms with E-state index < -0.39 is 5.41 Å². The lowest BCUT2D eigenvalue weighted by atomic mass is 9.81. The van der Waals surface area contributed by atoms with Crippen LogP contribution in [-0.4, -0.2) is 26.0 Å². The summed E-state index contributed by atoms with van der Waals surface area (Å²) in [5.74, 6) is 0.0907. The zero-order valence-corrected chi connectivity index (χ0v) is 13.1. The first kappa shape index (κ1) is 17.9. The number of hydrogen-bond donors (Lipinski definition) is 2. The molecule has 4 heteroatoms. The predicted octanol–water partition coefficient (Wildman–Crippen LogP) is 2.42. The topological polar surface area (TPSA) is 41.1 Å². The van der Waals surface area contributed by atoms with Gasteiger partial charge in [0.25, 0.3) is 0 Å². The summed E-state index contributed by atoms with van der Waals surface area (Å²) in [7, 11) is 1.92. The Labute approximate surface area is 122 Å². The van der Waals surface area contributed by atoms with Crippen molar-refractivity contribution in [2.45, 2.75) is 32.6 Å². The quantitative estimate of drug-likeness (QED) is 0.788. The Bertz CT molecular complexity index is 405. The van der Waals surface area contributed by atoms with Crippen LogP contribution < -0.4 is 10.6 Å². The van der Waals surface area contributed by atoms with E-state index in [-0.39, 0.29) is 18.3 Å². The van der Waals surface area contributed by atoms with Gasteiger partial charge in [-0.05, 0) is 51.9 Å². The van der Waals surface area contributed by atoms with Gasteiger partial charge in [-0.15, -0.1) is 12.4 Å². The maximum atomic E-state index is 12.2. The number of carbonyl (C=O) groups is 1. The first-order chi connectivity index (χ1) is 8.50. The molecular formula is C15H25ClN2O. The summed E-state index contributed by atoms with van der Waals surface area (Å²) in [6, 6.07) is 8.06. The summed E-state index contributed by atoms with van der Waals surface area (Å²) in [5, 5.41) is 6.07. The van der Waals surface area contributed by atoms with Crippen molar-refractivity contribution in [3.8, 4) is 0 Å². The molecule has 3 nitrogen and oxygen atoms in total. The zero-order valence-electron chi connectivity index (χ0n) is 12.2. The minimum absolute atomic E-state index is 0. The van der Waals surface area contributed by atoms with E-state index in [2.05, 4.69) is 10.6 Å². The van der Waals surface area contributed by atoms with Crippen LogP contribution in [0.25, 0.3) is 0 Å². The van der Waals surface area contributed by atoms with Crippen molar-refractivity contribution in [2.75, 3.05) is 20.1 Å². The van der Waals surface area contributed by atoms with E-state index in [0.717, 1.165) is 30.6 Å². The standard InChI is InChI=1S/C15H24N2O.ClH/c1-12-8-5-6-9-13(12)15(2,3)14(18)17-11-7-10-16-4;/h5-6,8-9,16H,7,10-11H2,1-4H3,(H,17,18);1H. The molecule has 19 heavy (non-hydrogen) atoms. The third-order valence-electron chi connectivity index (χ3n) is 3.28. The Morgan fingerprint density at radius 3 is 2.42 bits per heavy atom. The average Bonchev–Trinajstić information content (AvgIpc) is 2.34. The van der Waals surface area contributed by atoms with Gasteiger partial charge in [-0.2, -0.15) is 0 Å². The van der Waals surface area contributed by atoms with Crippen LogP contribution in [0.4, 0.5) is 0 Å². The second-order valence-electron chi connectivity index (χ2n) is 5.15. The molecule has 0 atom stereocenters. The number of rotatable bonds is 6. The van der Waals surface area contributed by atoms with Crippen molar-refractivity contribution in [1.82, 2.24) is 10.6 Å². The highest BCUT2D eigenvalue weighted by molar-refractivity contribution is 5.87. The Hall–Kier alpha value is -1.06. The molecule has 0 saturated heterocycles. The third kappa shape index (κ3) is 4.84. The van der Waals surface area contributed by atoms with Crippen LogP contribution >= 0.6 is 12.4 Å².